The van der Waals surface area contributed by atoms with Gasteiger partial charge in [0.2, 0.25) is 0 Å². The Balaban J connectivity index is 2.39. The van der Waals surface area contributed by atoms with Gasteiger partial charge in [0.1, 0.15) is 6.33 Å². The van der Waals surface area contributed by atoms with Crippen molar-refractivity contribution >= 4 is 17.6 Å². The molecule has 2 aromatic rings. The lowest BCUT2D eigenvalue weighted by molar-refractivity contribution is 0.0594. The molecule has 1 aromatic heterocycles. The number of benzene rings is 1. The summed E-state index contributed by atoms with van der Waals surface area (Å²) >= 11 is 6.02. The van der Waals surface area contributed by atoms with Crippen molar-refractivity contribution in [2.45, 2.75) is 0 Å². The number of esters is 1. The van der Waals surface area contributed by atoms with Crippen molar-refractivity contribution in [1.29, 1.82) is 0 Å². The van der Waals surface area contributed by atoms with Crippen LogP contribution in [0.2, 0.25) is 5.02 Å². The van der Waals surface area contributed by atoms with E-state index in [-0.39, 0.29) is 5.69 Å². The zero-order valence-electron chi connectivity index (χ0n) is 8.55. The number of methoxy groups -OCH3 is 1. The zero-order chi connectivity index (χ0) is 11.5. The minimum atomic E-state index is -0.467. The zero-order valence-corrected chi connectivity index (χ0v) is 9.31. The molecule has 0 atom stereocenters. The second kappa shape index (κ2) is 4.37. The van der Waals surface area contributed by atoms with E-state index in [0.29, 0.717) is 5.02 Å². The van der Waals surface area contributed by atoms with E-state index in [1.165, 1.54) is 13.4 Å². The molecular formula is C11H9ClN2O2. The van der Waals surface area contributed by atoms with Crippen molar-refractivity contribution in [2.24, 2.45) is 0 Å². The predicted octanol–water partition coefficient (Wildman–Crippen LogP) is 2.31. The van der Waals surface area contributed by atoms with Gasteiger partial charge in [-0.05, 0) is 12.1 Å². The molecule has 0 unspecified atom stereocenters. The molecule has 16 heavy (non-hydrogen) atoms. The maximum Gasteiger partial charge on any atom is 0.358 e. The lowest BCUT2D eigenvalue weighted by atomic mass is 10.3. The second-order valence-electron chi connectivity index (χ2n) is 3.11. The lowest BCUT2D eigenvalue weighted by Crippen LogP contribution is -2.01. The smallest absolute Gasteiger partial charge is 0.358 e. The number of carbonyl (C=O) groups excluding carboxylic acids is 1. The van der Waals surface area contributed by atoms with Gasteiger partial charge in [0, 0.05) is 6.20 Å². The molecule has 0 amide bonds. The van der Waals surface area contributed by atoms with E-state index in [0.717, 1.165) is 5.69 Å². The van der Waals surface area contributed by atoms with Crippen LogP contribution >= 0.6 is 11.6 Å². The van der Waals surface area contributed by atoms with Crippen molar-refractivity contribution < 1.29 is 9.53 Å². The molecule has 1 heterocycles. The van der Waals surface area contributed by atoms with Crippen LogP contribution in [-0.4, -0.2) is 22.6 Å². The minimum Gasteiger partial charge on any atom is -0.464 e. The largest absolute Gasteiger partial charge is 0.464 e. The van der Waals surface area contributed by atoms with Gasteiger partial charge < -0.3 is 9.30 Å². The summed E-state index contributed by atoms with van der Waals surface area (Å²) in [5.74, 6) is -0.467. The van der Waals surface area contributed by atoms with Crippen LogP contribution in [0.15, 0.2) is 36.8 Å². The average molecular weight is 237 g/mol. The van der Waals surface area contributed by atoms with Crippen LogP contribution in [0.3, 0.4) is 0 Å². The van der Waals surface area contributed by atoms with E-state index >= 15 is 0 Å². The molecule has 0 fully saturated rings. The van der Waals surface area contributed by atoms with Crippen molar-refractivity contribution in [3.63, 3.8) is 0 Å². The van der Waals surface area contributed by atoms with Crippen LogP contribution in [0.5, 0.6) is 0 Å². The summed E-state index contributed by atoms with van der Waals surface area (Å²) in [7, 11) is 1.32. The Morgan fingerprint density at radius 3 is 2.88 bits per heavy atom. The van der Waals surface area contributed by atoms with Crippen molar-refractivity contribution in [3.8, 4) is 5.69 Å². The summed E-state index contributed by atoms with van der Waals surface area (Å²) in [6, 6.07) is 7.31. The Morgan fingerprint density at radius 2 is 2.19 bits per heavy atom. The topological polar surface area (TPSA) is 44.1 Å². The fourth-order valence-electron chi connectivity index (χ4n) is 1.33. The number of nitrogens with zero attached hydrogens (tertiary/aromatic N) is 2. The van der Waals surface area contributed by atoms with E-state index in [9.17, 15) is 4.79 Å². The van der Waals surface area contributed by atoms with E-state index in [1.807, 2.05) is 18.2 Å². The number of halogens is 1. The fourth-order valence-corrected chi connectivity index (χ4v) is 1.56. The fraction of sp³-hybridized carbons (Fsp3) is 0.0909. The van der Waals surface area contributed by atoms with Crippen LogP contribution in [0.1, 0.15) is 10.5 Å². The summed E-state index contributed by atoms with van der Waals surface area (Å²) in [6.45, 7) is 0. The molecule has 5 heteroatoms. The number of para-hydroxylation sites is 1. The Bertz CT molecular complexity index is 522. The van der Waals surface area contributed by atoms with Gasteiger partial charge in [-0.2, -0.15) is 0 Å². The lowest BCUT2D eigenvalue weighted by Gasteiger charge is -2.03. The number of rotatable bonds is 2. The molecule has 0 bridgehead atoms. The van der Waals surface area contributed by atoms with E-state index < -0.39 is 5.97 Å². The van der Waals surface area contributed by atoms with Gasteiger partial charge in [-0.1, -0.05) is 23.7 Å². The van der Waals surface area contributed by atoms with Crippen molar-refractivity contribution in [2.75, 3.05) is 7.11 Å². The molecule has 0 spiro atoms. The standard InChI is InChI=1S/C11H9ClN2O2/c1-16-11(15)9-6-14(7-13-9)10-5-3-2-4-8(10)12/h2-7H,1H3. The molecule has 2 rings (SSSR count). The quantitative estimate of drug-likeness (QED) is 0.752. The van der Waals surface area contributed by atoms with E-state index in [2.05, 4.69) is 9.72 Å². The number of ether oxygens (including phenoxy) is 1. The highest BCUT2D eigenvalue weighted by Crippen LogP contribution is 2.19. The average Bonchev–Trinajstić information content (AvgIpc) is 2.78. The predicted molar refractivity (Wildman–Crippen MR) is 59.9 cm³/mol. The molecule has 0 aliphatic rings. The Morgan fingerprint density at radius 1 is 1.44 bits per heavy atom. The number of imidazole rings is 1. The molecule has 82 valence electrons. The molecular weight excluding hydrogens is 228 g/mol. The van der Waals surface area contributed by atoms with Crippen LogP contribution in [0.4, 0.5) is 0 Å². The third-order valence-corrected chi connectivity index (χ3v) is 2.43. The van der Waals surface area contributed by atoms with Crippen molar-refractivity contribution in [1.82, 2.24) is 9.55 Å². The number of carbonyl (C=O) groups is 1. The SMILES string of the molecule is COC(=O)c1cn(-c2ccccc2Cl)cn1. The maximum absolute atomic E-state index is 11.2. The van der Waals surface area contributed by atoms with Gasteiger partial charge in [0.15, 0.2) is 5.69 Å². The highest BCUT2D eigenvalue weighted by atomic mass is 35.5. The molecule has 0 aliphatic heterocycles. The van der Waals surface area contributed by atoms with Crippen molar-refractivity contribution in [3.05, 3.63) is 47.5 Å². The summed E-state index contributed by atoms with van der Waals surface area (Å²) in [6.07, 6.45) is 3.10. The van der Waals surface area contributed by atoms with Gasteiger partial charge >= 0.3 is 5.97 Å². The van der Waals surface area contributed by atoms with Crippen LogP contribution < -0.4 is 0 Å². The first-order chi connectivity index (χ1) is 7.72. The Labute approximate surface area is 97.4 Å². The highest BCUT2D eigenvalue weighted by molar-refractivity contribution is 6.32. The van der Waals surface area contributed by atoms with Gasteiger partial charge in [-0.15, -0.1) is 0 Å². The summed E-state index contributed by atoms with van der Waals surface area (Å²) < 4.78 is 6.24. The Hall–Kier alpha value is -1.81. The number of hydrogen-bond acceptors (Lipinski definition) is 3. The first-order valence-electron chi connectivity index (χ1n) is 4.59. The van der Waals surface area contributed by atoms with Gasteiger partial charge in [-0.25, -0.2) is 9.78 Å². The van der Waals surface area contributed by atoms with Gasteiger partial charge in [-0.3, -0.25) is 0 Å². The third kappa shape index (κ3) is 1.92. The Kier molecular flexibility index (Phi) is 2.92. The van der Waals surface area contributed by atoms with E-state index in [1.54, 1.807) is 16.8 Å². The summed E-state index contributed by atoms with van der Waals surface area (Å²) in [5.41, 5.74) is 1.02. The van der Waals surface area contributed by atoms with Crippen LogP contribution in [-0.2, 0) is 4.74 Å². The molecule has 0 saturated heterocycles. The summed E-state index contributed by atoms with van der Waals surface area (Å²) in [4.78, 5) is 15.1. The molecule has 0 N–H and O–H groups in total. The molecule has 4 nitrogen and oxygen atoms in total. The highest BCUT2D eigenvalue weighted by Gasteiger charge is 2.10. The number of aromatic nitrogens is 2. The molecule has 0 saturated carbocycles. The molecule has 1 aromatic carbocycles. The van der Waals surface area contributed by atoms with Gasteiger partial charge in [0.05, 0.1) is 17.8 Å². The van der Waals surface area contributed by atoms with Crippen LogP contribution in [0.25, 0.3) is 5.69 Å². The van der Waals surface area contributed by atoms with Gasteiger partial charge in [0.25, 0.3) is 0 Å². The first-order valence-corrected chi connectivity index (χ1v) is 4.97. The van der Waals surface area contributed by atoms with Crippen LogP contribution in [0, 0.1) is 0 Å². The normalized spacial score (nSPS) is 10.1. The monoisotopic (exact) mass is 236 g/mol. The first kappa shape index (κ1) is 10.7. The third-order valence-electron chi connectivity index (χ3n) is 2.11. The minimum absolute atomic E-state index is 0.252. The molecule has 0 radical (unpaired) electrons. The number of hydrogen-bond donors (Lipinski definition) is 0. The molecule has 0 aliphatic carbocycles. The van der Waals surface area contributed by atoms with E-state index in [4.69, 9.17) is 11.6 Å². The second-order valence-corrected chi connectivity index (χ2v) is 3.52. The maximum atomic E-state index is 11.2. The summed E-state index contributed by atoms with van der Waals surface area (Å²) in [5, 5.41) is 0.594.